The molecule has 0 bridgehead atoms. The maximum absolute atomic E-state index is 13.1. The second-order valence-corrected chi connectivity index (χ2v) is 6.08. The molecule has 2 aromatic heterocycles. The van der Waals surface area contributed by atoms with Crippen LogP contribution >= 0.6 is 11.8 Å². The van der Waals surface area contributed by atoms with Crippen molar-refractivity contribution in [2.75, 3.05) is 11.1 Å². The summed E-state index contributed by atoms with van der Waals surface area (Å²) in [6.45, 7) is 1.74. The summed E-state index contributed by atoms with van der Waals surface area (Å²) >= 11 is 1.26. The quantitative estimate of drug-likeness (QED) is 0.718. The van der Waals surface area contributed by atoms with Crippen molar-refractivity contribution in [2.24, 2.45) is 7.05 Å². The molecule has 0 saturated carbocycles. The average molecular weight is 346 g/mol. The lowest BCUT2D eigenvalue weighted by molar-refractivity contribution is -0.113. The van der Waals surface area contributed by atoms with Crippen LogP contribution in [0.5, 0.6) is 0 Å². The third-order valence-corrected chi connectivity index (χ3v) is 4.39. The Morgan fingerprint density at radius 1 is 1.38 bits per heavy atom. The van der Waals surface area contributed by atoms with Crippen LogP contribution in [0.3, 0.4) is 0 Å². The summed E-state index contributed by atoms with van der Waals surface area (Å²) < 4.78 is 20.1. The SMILES string of the molecule is Cc1cc(F)ccc1NC(=O)CSc1nnc(-c2ccco2)n1C. The zero-order valence-corrected chi connectivity index (χ0v) is 13.9. The van der Waals surface area contributed by atoms with Gasteiger partial charge in [-0.3, -0.25) is 4.79 Å². The molecule has 1 N–H and O–H groups in total. The van der Waals surface area contributed by atoms with Gasteiger partial charge >= 0.3 is 0 Å². The lowest BCUT2D eigenvalue weighted by atomic mass is 10.2. The van der Waals surface area contributed by atoms with Crippen molar-refractivity contribution in [2.45, 2.75) is 12.1 Å². The van der Waals surface area contributed by atoms with E-state index in [1.54, 1.807) is 36.0 Å². The Morgan fingerprint density at radius 3 is 2.92 bits per heavy atom. The highest BCUT2D eigenvalue weighted by atomic mass is 32.2. The highest BCUT2D eigenvalue weighted by Gasteiger charge is 2.15. The van der Waals surface area contributed by atoms with Gasteiger partial charge in [0.1, 0.15) is 5.82 Å². The predicted octanol–water partition coefficient (Wildman–Crippen LogP) is 3.25. The van der Waals surface area contributed by atoms with Crippen molar-refractivity contribution < 1.29 is 13.6 Å². The first-order valence-corrected chi connectivity index (χ1v) is 8.15. The predicted molar refractivity (Wildman–Crippen MR) is 89.2 cm³/mol. The van der Waals surface area contributed by atoms with Gasteiger partial charge < -0.3 is 14.3 Å². The van der Waals surface area contributed by atoms with Crippen LogP contribution in [0.15, 0.2) is 46.2 Å². The minimum absolute atomic E-state index is 0.168. The van der Waals surface area contributed by atoms with Gasteiger partial charge in [0.25, 0.3) is 0 Å². The third-order valence-electron chi connectivity index (χ3n) is 3.37. The number of aryl methyl sites for hydroxylation is 1. The number of furan rings is 1. The minimum atomic E-state index is -0.329. The Balaban J connectivity index is 1.62. The Labute approximate surface area is 142 Å². The van der Waals surface area contributed by atoms with E-state index < -0.39 is 0 Å². The Bertz CT molecular complexity index is 861. The van der Waals surface area contributed by atoms with Gasteiger partial charge in [-0.15, -0.1) is 10.2 Å². The van der Waals surface area contributed by atoms with Crippen LogP contribution in [0.4, 0.5) is 10.1 Å². The van der Waals surface area contributed by atoms with E-state index in [0.29, 0.717) is 28.0 Å². The lowest BCUT2D eigenvalue weighted by Gasteiger charge is -2.08. The van der Waals surface area contributed by atoms with Crippen molar-refractivity contribution >= 4 is 23.4 Å². The van der Waals surface area contributed by atoms with Crippen molar-refractivity contribution in [3.8, 4) is 11.6 Å². The zero-order chi connectivity index (χ0) is 17.1. The number of anilines is 1. The normalized spacial score (nSPS) is 10.8. The summed E-state index contributed by atoms with van der Waals surface area (Å²) in [6.07, 6.45) is 1.56. The molecular formula is C16H15FN4O2S. The summed E-state index contributed by atoms with van der Waals surface area (Å²) in [5.41, 5.74) is 1.27. The molecule has 0 atom stereocenters. The third kappa shape index (κ3) is 3.48. The Morgan fingerprint density at radius 2 is 2.21 bits per heavy atom. The van der Waals surface area contributed by atoms with Crippen LogP contribution < -0.4 is 5.32 Å². The number of benzene rings is 1. The van der Waals surface area contributed by atoms with Crippen LogP contribution in [0.2, 0.25) is 0 Å². The summed E-state index contributed by atoms with van der Waals surface area (Å²) in [5, 5.41) is 11.5. The fourth-order valence-electron chi connectivity index (χ4n) is 2.14. The molecule has 8 heteroatoms. The molecule has 0 spiro atoms. The maximum Gasteiger partial charge on any atom is 0.234 e. The first-order valence-electron chi connectivity index (χ1n) is 7.16. The van der Waals surface area contributed by atoms with E-state index in [-0.39, 0.29) is 17.5 Å². The molecule has 124 valence electrons. The second kappa shape index (κ2) is 6.88. The maximum atomic E-state index is 13.1. The van der Waals surface area contributed by atoms with Crippen molar-refractivity contribution in [1.82, 2.24) is 14.8 Å². The van der Waals surface area contributed by atoms with Crippen LogP contribution in [-0.2, 0) is 11.8 Å². The molecule has 0 aliphatic rings. The number of halogens is 1. The van der Waals surface area contributed by atoms with Crippen LogP contribution in [0.1, 0.15) is 5.56 Å². The van der Waals surface area contributed by atoms with Gasteiger partial charge in [0.15, 0.2) is 16.7 Å². The molecule has 0 aliphatic heterocycles. The zero-order valence-electron chi connectivity index (χ0n) is 13.1. The van der Waals surface area contributed by atoms with E-state index in [1.807, 2.05) is 7.05 Å². The molecule has 0 radical (unpaired) electrons. The molecule has 0 saturated heterocycles. The van der Waals surface area contributed by atoms with E-state index in [0.717, 1.165) is 0 Å². The number of amides is 1. The van der Waals surface area contributed by atoms with E-state index in [2.05, 4.69) is 15.5 Å². The number of nitrogens with one attached hydrogen (secondary N) is 1. The number of aromatic nitrogens is 3. The smallest absolute Gasteiger partial charge is 0.234 e. The van der Waals surface area contributed by atoms with Gasteiger partial charge in [0.2, 0.25) is 5.91 Å². The molecule has 2 heterocycles. The molecule has 0 aliphatic carbocycles. The molecule has 3 aromatic rings. The van der Waals surface area contributed by atoms with E-state index in [9.17, 15) is 9.18 Å². The summed E-state index contributed by atoms with van der Waals surface area (Å²) in [4.78, 5) is 12.1. The molecule has 0 fully saturated rings. The first-order chi connectivity index (χ1) is 11.5. The van der Waals surface area contributed by atoms with E-state index in [1.165, 1.54) is 23.9 Å². The Kier molecular flexibility index (Phi) is 4.66. The van der Waals surface area contributed by atoms with Crippen molar-refractivity contribution in [1.29, 1.82) is 0 Å². The lowest BCUT2D eigenvalue weighted by Crippen LogP contribution is -2.15. The number of carbonyl (C=O) groups is 1. The highest BCUT2D eigenvalue weighted by Crippen LogP contribution is 2.23. The van der Waals surface area contributed by atoms with Gasteiger partial charge in [-0.25, -0.2) is 4.39 Å². The summed E-state index contributed by atoms with van der Waals surface area (Å²) in [5.74, 6) is 0.850. The van der Waals surface area contributed by atoms with Crippen LogP contribution in [0, 0.1) is 12.7 Å². The standard InChI is InChI=1S/C16H15FN4O2S/c1-10-8-11(17)5-6-12(10)18-14(22)9-24-16-20-19-15(21(16)2)13-4-3-7-23-13/h3-8H,9H2,1-2H3,(H,18,22). The molecule has 3 rings (SSSR count). The van der Waals surface area contributed by atoms with Crippen LogP contribution in [0.25, 0.3) is 11.6 Å². The van der Waals surface area contributed by atoms with Crippen LogP contribution in [-0.4, -0.2) is 26.4 Å². The van der Waals surface area contributed by atoms with E-state index in [4.69, 9.17) is 4.42 Å². The topological polar surface area (TPSA) is 73.0 Å². The van der Waals surface area contributed by atoms with Gasteiger partial charge in [-0.2, -0.15) is 0 Å². The fraction of sp³-hybridized carbons (Fsp3) is 0.188. The summed E-state index contributed by atoms with van der Waals surface area (Å²) in [6, 6.07) is 7.80. The van der Waals surface area contributed by atoms with Crippen molar-refractivity contribution in [3.63, 3.8) is 0 Å². The molecule has 1 aromatic carbocycles. The number of rotatable bonds is 5. The molecule has 1 amide bonds. The Hall–Kier alpha value is -2.61. The van der Waals surface area contributed by atoms with Gasteiger partial charge in [-0.05, 0) is 42.8 Å². The number of hydrogen-bond acceptors (Lipinski definition) is 5. The van der Waals surface area contributed by atoms with Gasteiger partial charge in [-0.1, -0.05) is 11.8 Å². The van der Waals surface area contributed by atoms with E-state index >= 15 is 0 Å². The number of nitrogens with zero attached hydrogens (tertiary/aromatic N) is 3. The minimum Gasteiger partial charge on any atom is -0.461 e. The number of hydrogen-bond donors (Lipinski definition) is 1. The average Bonchev–Trinajstić information content (AvgIpc) is 3.18. The van der Waals surface area contributed by atoms with Crippen molar-refractivity contribution in [3.05, 3.63) is 48.0 Å². The molecule has 6 nitrogen and oxygen atoms in total. The van der Waals surface area contributed by atoms with Gasteiger partial charge in [0.05, 0.1) is 12.0 Å². The number of thioether (sulfide) groups is 1. The molecular weight excluding hydrogens is 331 g/mol. The second-order valence-electron chi connectivity index (χ2n) is 5.14. The molecule has 24 heavy (non-hydrogen) atoms. The monoisotopic (exact) mass is 346 g/mol. The number of carbonyl (C=O) groups excluding carboxylic acids is 1. The first kappa shape index (κ1) is 16.3. The van der Waals surface area contributed by atoms with Gasteiger partial charge in [0, 0.05) is 12.7 Å². The summed E-state index contributed by atoms with van der Waals surface area (Å²) in [7, 11) is 1.81. The fourth-order valence-corrected chi connectivity index (χ4v) is 2.86. The molecule has 0 unspecified atom stereocenters. The highest BCUT2D eigenvalue weighted by molar-refractivity contribution is 7.99. The largest absolute Gasteiger partial charge is 0.461 e.